The molecule has 58 valence electrons. The molecule has 0 saturated carbocycles. The fraction of sp³-hybridized carbons (Fsp3) is 0.400. The summed E-state index contributed by atoms with van der Waals surface area (Å²) in [6.45, 7) is 1.53. The molecule has 5 heteroatoms. The van der Waals surface area contributed by atoms with Crippen molar-refractivity contribution in [1.82, 2.24) is 9.55 Å². The summed E-state index contributed by atoms with van der Waals surface area (Å²) in [7, 11) is 0. The Labute approximate surface area is 79.6 Å². The van der Waals surface area contributed by atoms with Gasteiger partial charge in [-0.25, -0.2) is 4.98 Å². The van der Waals surface area contributed by atoms with Crippen LogP contribution in [-0.4, -0.2) is 16.1 Å². The van der Waals surface area contributed by atoms with Crippen molar-refractivity contribution >= 4 is 35.0 Å². The lowest BCUT2D eigenvalue weighted by atomic mass is 10.6. The first kappa shape index (κ1) is 10.2. The van der Waals surface area contributed by atoms with Crippen molar-refractivity contribution in [3.05, 3.63) is 16.2 Å². The third-order valence-corrected chi connectivity index (χ3v) is 1.55. The van der Waals surface area contributed by atoms with Crippen LogP contribution in [0.25, 0.3) is 0 Å². The zero-order chi connectivity index (χ0) is 6.69. The first-order valence-electron chi connectivity index (χ1n) is 2.70. The maximum atomic E-state index is 5.32. The second kappa shape index (κ2) is 4.92. The van der Waals surface area contributed by atoms with E-state index in [0.29, 0.717) is 6.54 Å². The van der Waals surface area contributed by atoms with Crippen molar-refractivity contribution < 1.29 is 0 Å². The summed E-state index contributed by atoms with van der Waals surface area (Å²) in [5.41, 5.74) is 5.32. The molecule has 1 aromatic rings. The summed E-state index contributed by atoms with van der Waals surface area (Å²) in [5, 5.41) is 0. The lowest BCUT2D eigenvalue weighted by molar-refractivity contribution is 0.707. The van der Waals surface area contributed by atoms with E-state index >= 15 is 0 Å². The molecule has 3 nitrogen and oxygen atoms in total. The summed E-state index contributed by atoms with van der Waals surface area (Å²) in [4.78, 5) is 4.03. The summed E-state index contributed by atoms with van der Waals surface area (Å²) in [5.74, 6) is 0. The van der Waals surface area contributed by atoms with E-state index in [1.165, 1.54) is 0 Å². The van der Waals surface area contributed by atoms with Crippen LogP contribution in [0.15, 0.2) is 12.5 Å². The van der Waals surface area contributed by atoms with Gasteiger partial charge in [0.25, 0.3) is 0 Å². The fourth-order valence-electron chi connectivity index (χ4n) is 0.604. The highest BCUT2D eigenvalue weighted by atomic mass is 127. The Kier molecular flexibility index (Phi) is 5.02. The smallest absolute Gasteiger partial charge is 0.119 e. The summed E-state index contributed by atoms with van der Waals surface area (Å²) >= 11 is 2.17. The van der Waals surface area contributed by atoms with Gasteiger partial charge in [-0.1, -0.05) is 0 Å². The van der Waals surface area contributed by atoms with Gasteiger partial charge in [0, 0.05) is 19.3 Å². The number of rotatable bonds is 2. The largest absolute Gasteiger partial charge is 0.335 e. The molecular weight excluding hydrogens is 264 g/mol. The maximum Gasteiger partial charge on any atom is 0.119 e. The highest BCUT2D eigenvalue weighted by molar-refractivity contribution is 14.1. The average molecular weight is 274 g/mol. The molecule has 0 atom stereocenters. The van der Waals surface area contributed by atoms with E-state index in [1.54, 1.807) is 6.33 Å². The second-order valence-electron chi connectivity index (χ2n) is 1.72. The number of nitrogens with zero attached hydrogens (tertiary/aromatic N) is 2. The standard InChI is InChI=1S/C5H8IN3.ClH/c6-5-3-9(2-1-7)4-8-5;/h3-4H,1-2,7H2;1H. The Bertz CT molecular complexity index is 189. The molecule has 0 aliphatic rings. The molecule has 1 heterocycles. The highest BCUT2D eigenvalue weighted by Crippen LogP contribution is 1.98. The van der Waals surface area contributed by atoms with Gasteiger partial charge in [-0.3, -0.25) is 0 Å². The van der Waals surface area contributed by atoms with Gasteiger partial charge in [0.1, 0.15) is 3.70 Å². The van der Waals surface area contributed by atoms with E-state index in [0.717, 1.165) is 10.2 Å². The molecule has 0 aliphatic carbocycles. The van der Waals surface area contributed by atoms with Crippen LogP contribution in [0.1, 0.15) is 0 Å². The zero-order valence-corrected chi connectivity index (χ0v) is 8.30. The van der Waals surface area contributed by atoms with Gasteiger partial charge in [-0.15, -0.1) is 12.4 Å². The molecule has 1 aromatic heterocycles. The van der Waals surface area contributed by atoms with Gasteiger partial charge in [0.2, 0.25) is 0 Å². The van der Waals surface area contributed by atoms with E-state index in [2.05, 4.69) is 27.6 Å². The van der Waals surface area contributed by atoms with Gasteiger partial charge in [-0.2, -0.15) is 0 Å². The van der Waals surface area contributed by atoms with E-state index < -0.39 is 0 Å². The Morgan fingerprint density at radius 1 is 1.70 bits per heavy atom. The lowest BCUT2D eigenvalue weighted by Gasteiger charge is -1.93. The monoisotopic (exact) mass is 273 g/mol. The fourth-order valence-corrected chi connectivity index (χ4v) is 1.09. The van der Waals surface area contributed by atoms with Crippen molar-refractivity contribution in [2.24, 2.45) is 5.73 Å². The minimum Gasteiger partial charge on any atom is -0.335 e. The minimum atomic E-state index is 0. The number of halogens is 2. The van der Waals surface area contributed by atoms with Gasteiger partial charge < -0.3 is 10.3 Å². The summed E-state index contributed by atoms with van der Waals surface area (Å²) in [6.07, 6.45) is 3.75. The Hall–Kier alpha value is 0.190. The summed E-state index contributed by atoms with van der Waals surface area (Å²) in [6, 6.07) is 0. The van der Waals surface area contributed by atoms with Gasteiger partial charge >= 0.3 is 0 Å². The van der Waals surface area contributed by atoms with Crippen LogP contribution in [0.4, 0.5) is 0 Å². The third kappa shape index (κ3) is 2.85. The molecule has 0 unspecified atom stereocenters. The highest BCUT2D eigenvalue weighted by Gasteiger charge is 1.90. The molecule has 0 amide bonds. The van der Waals surface area contributed by atoms with Crippen LogP contribution in [-0.2, 0) is 6.54 Å². The SMILES string of the molecule is Cl.NCCn1cnc(I)c1. The van der Waals surface area contributed by atoms with Crippen molar-refractivity contribution in [2.75, 3.05) is 6.54 Å². The van der Waals surface area contributed by atoms with Gasteiger partial charge in [-0.05, 0) is 22.6 Å². The van der Waals surface area contributed by atoms with Crippen LogP contribution in [0, 0.1) is 3.70 Å². The first-order valence-corrected chi connectivity index (χ1v) is 3.78. The maximum absolute atomic E-state index is 5.32. The van der Waals surface area contributed by atoms with Crippen molar-refractivity contribution in [2.45, 2.75) is 6.54 Å². The number of imidazole rings is 1. The molecular formula is C5H9ClIN3. The number of nitrogens with two attached hydrogens (primary N) is 1. The molecule has 10 heavy (non-hydrogen) atoms. The lowest BCUT2D eigenvalue weighted by Crippen LogP contribution is -2.07. The van der Waals surface area contributed by atoms with Crippen LogP contribution < -0.4 is 5.73 Å². The van der Waals surface area contributed by atoms with Crippen LogP contribution >= 0.6 is 35.0 Å². The van der Waals surface area contributed by atoms with Crippen molar-refractivity contribution in [3.8, 4) is 0 Å². The molecule has 0 radical (unpaired) electrons. The molecule has 0 bridgehead atoms. The minimum absolute atomic E-state index is 0. The van der Waals surface area contributed by atoms with Gasteiger partial charge in [0.15, 0.2) is 0 Å². The number of hydrogen-bond acceptors (Lipinski definition) is 2. The predicted molar refractivity (Wildman–Crippen MR) is 51.2 cm³/mol. The predicted octanol–water partition coefficient (Wildman–Crippen LogP) is 0.868. The average Bonchev–Trinajstić information content (AvgIpc) is 2.17. The molecule has 0 fully saturated rings. The van der Waals surface area contributed by atoms with Gasteiger partial charge in [0.05, 0.1) is 6.33 Å². The second-order valence-corrected chi connectivity index (χ2v) is 2.83. The first-order chi connectivity index (χ1) is 4.33. The quantitative estimate of drug-likeness (QED) is 0.813. The zero-order valence-electron chi connectivity index (χ0n) is 5.33. The van der Waals surface area contributed by atoms with E-state index in [1.807, 2.05) is 10.8 Å². The Morgan fingerprint density at radius 3 is 2.80 bits per heavy atom. The molecule has 0 spiro atoms. The summed E-state index contributed by atoms with van der Waals surface area (Å²) < 4.78 is 2.99. The normalized spacial score (nSPS) is 9.00. The molecule has 1 rings (SSSR count). The van der Waals surface area contributed by atoms with Crippen LogP contribution in [0.2, 0.25) is 0 Å². The Morgan fingerprint density at radius 2 is 2.40 bits per heavy atom. The van der Waals surface area contributed by atoms with Crippen molar-refractivity contribution in [3.63, 3.8) is 0 Å². The molecule has 0 aromatic carbocycles. The molecule has 0 aliphatic heterocycles. The van der Waals surface area contributed by atoms with Crippen molar-refractivity contribution in [1.29, 1.82) is 0 Å². The Balaban J connectivity index is 0.000000810. The molecule has 0 saturated heterocycles. The van der Waals surface area contributed by atoms with E-state index in [4.69, 9.17) is 5.73 Å². The topological polar surface area (TPSA) is 43.8 Å². The number of hydrogen-bond donors (Lipinski definition) is 1. The van der Waals surface area contributed by atoms with Crippen LogP contribution in [0.5, 0.6) is 0 Å². The third-order valence-electron chi connectivity index (χ3n) is 0.989. The van der Waals surface area contributed by atoms with E-state index in [9.17, 15) is 0 Å². The van der Waals surface area contributed by atoms with Crippen LogP contribution in [0.3, 0.4) is 0 Å². The van der Waals surface area contributed by atoms with E-state index in [-0.39, 0.29) is 12.4 Å². The number of aromatic nitrogens is 2. The molecule has 2 N–H and O–H groups in total.